The molecule has 0 saturated carbocycles. The molecule has 650 valence electrons. The molecule has 0 aromatic heterocycles. The van der Waals surface area contributed by atoms with Crippen LogP contribution >= 0.6 is 70.4 Å². The highest BCUT2D eigenvalue weighted by Crippen LogP contribution is 2.46. The quantitative estimate of drug-likeness (QED) is 0.00884. The van der Waals surface area contributed by atoms with Gasteiger partial charge in [0.15, 0.2) is 0 Å². The number of carbonyl (C=O) groups is 3. The summed E-state index contributed by atoms with van der Waals surface area (Å²) >= 11 is 31.8. The van der Waals surface area contributed by atoms with Crippen LogP contribution in [0.25, 0.3) is 31.3 Å². The highest BCUT2D eigenvalue weighted by molar-refractivity contribution is 6.33. The maximum atomic E-state index is 12.0. The molecular weight excluding hydrogens is 1630 g/mol. The number of nitrogens with zero attached hydrogens (tertiary/aromatic N) is 9. The van der Waals surface area contributed by atoms with E-state index in [0.29, 0.717) is 70.7 Å². The first kappa shape index (κ1) is 99.0. The minimum Gasteiger partial charge on any atom is -0.478 e. The zero-order valence-corrected chi connectivity index (χ0v) is 73.6. The van der Waals surface area contributed by atoms with Crippen molar-refractivity contribution in [2.24, 2.45) is 15.3 Å². The second-order valence-corrected chi connectivity index (χ2v) is 30.0. The molecule has 0 radical (unpaired) electrons. The smallest absolute Gasteiger partial charge is 0.334 e. The van der Waals surface area contributed by atoms with Gasteiger partial charge in [-0.05, 0) is 210 Å². The van der Waals surface area contributed by atoms with Crippen LogP contribution in [0.5, 0.6) is 0 Å². The number of dihydropyridines is 5. The molecule has 0 bridgehead atoms. The number of hydrogen-bond acceptors (Lipinski definition) is 16. The highest BCUT2D eigenvalue weighted by atomic mass is 35.5. The Morgan fingerprint density at radius 2 is 0.534 bits per heavy atom. The highest BCUT2D eigenvalue weighted by Gasteiger charge is 2.37. The molecule has 25 nitrogen and oxygen atoms in total. The van der Waals surface area contributed by atoms with Crippen LogP contribution in [0.2, 0.25) is 25.1 Å². The van der Waals surface area contributed by atoms with Gasteiger partial charge in [0, 0.05) is 155 Å². The van der Waals surface area contributed by atoms with E-state index in [-0.39, 0.29) is 100 Å². The Hall–Kier alpha value is -9.62. The average Bonchev–Trinajstić information content (AvgIpc) is 0.771. The average molecular weight is 1750 g/mol. The molecule has 5 aliphatic rings. The van der Waals surface area contributed by atoms with Crippen LogP contribution in [0.1, 0.15) is 180 Å². The summed E-state index contributed by atoms with van der Waals surface area (Å²) < 4.78 is 27.8. The summed E-state index contributed by atoms with van der Waals surface area (Å²) in [7, 11) is 0. The van der Waals surface area contributed by atoms with Gasteiger partial charge in [-0.25, -0.2) is 14.4 Å². The topological polar surface area (TPSA) is 364 Å². The number of halogens is 6. The number of carboxylic acid groups (broad SMARTS) is 3. The van der Waals surface area contributed by atoms with Crippen LogP contribution in [0.3, 0.4) is 0 Å². The number of allylic oxidation sites excluding steroid dienone is 12. The Bertz CT molecular complexity index is 4810. The number of rotatable bonds is 31. The van der Waals surface area contributed by atoms with Crippen molar-refractivity contribution in [3.8, 4) is 0 Å². The molecule has 0 aliphatic carbocycles. The summed E-state index contributed by atoms with van der Waals surface area (Å²) in [5, 5.41) is 59.1. The number of nitrogens with one attached hydrogen (secondary N) is 5. The fourth-order valence-electron chi connectivity index (χ4n) is 13.9. The molecule has 31 heteroatoms. The normalized spacial score (nSPS) is 17.7. The molecule has 118 heavy (non-hydrogen) atoms. The molecule has 8 N–H and O–H groups in total. The van der Waals surface area contributed by atoms with Crippen molar-refractivity contribution in [3.63, 3.8) is 0 Å². The summed E-state index contributed by atoms with van der Waals surface area (Å²) in [6.07, 6.45) is 1.92. The molecule has 0 fully saturated rings. The molecule has 0 spiro atoms. The third kappa shape index (κ3) is 27.2. The third-order valence-corrected chi connectivity index (χ3v) is 22.1. The van der Waals surface area contributed by atoms with Gasteiger partial charge in [-0.15, -0.1) is 12.4 Å². The first-order valence-electron chi connectivity index (χ1n) is 38.2. The van der Waals surface area contributed by atoms with E-state index in [1.165, 1.54) is 33.6 Å². The fourth-order valence-corrected chi connectivity index (χ4v) is 15.2. The number of hydrogen-bond donors (Lipinski definition) is 8. The van der Waals surface area contributed by atoms with Crippen molar-refractivity contribution in [2.75, 3.05) is 85.7 Å². The van der Waals surface area contributed by atoms with Crippen LogP contribution in [-0.4, -0.2) is 119 Å². The van der Waals surface area contributed by atoms with Crippen molar-refractivity contribution < 1.29 is 66.2 Å². The summed E-state index contributed by atoms with van der Waals surface area (Å²) in [6, 6.07) is 37.9. The number of azide groups is 3. The van der Waals surface area contributed by atoms with E-state index in [9.17, 15) is 29.7 Å². The fraction of sp³-hybridized carbons (Fsp3) is 0.391. The predicted octanol–water partition coefficient (Wildman–Crippen LogP) is 24.6. The first-order chi connectivity index (χ1) is 56.0. The lowest BCUT2D eigenvalue weighted by Gasteiger charge is -2.31. The maximum absolute atomic E-state index is 12.0. The van der Waals surface area contributed by atoms with Crippen molar-refractivity contribution >= 4 is 88.3 Å². The molecule has 5 aliphatic heterocycles. The molecule has 5 aromatic carbocycles. The zero-order chi connectivity index (χ0) is 86.0. The standard InChI is InChI=1S/C18H22ClNO3.C18H24ClNO.2C17H19ClN4O3.C17H21ClN4O.ClH.9H2/c1-4-9-23-10-15-17(18(21)22)16(11(2)12(3)20-15)13-7-5-6-8-14(13)19;1-5-10-21-11-17-13(3)18(12(2)14(4)20-17)15-8-6-7-9-16(15)19;2*1-10-11(2)21-14(9-25-8-7-20-22-19)16(17(23)24)15(10)12-5-3-4-6-13(12)18;1-11-13(3)21-16(10-23-9-8-20-22-19)12(2)17(11)14-6-4-5-7-15(14)18;;;;;;;;;;/h5-8,16,20H,4,9-10H2,1-3H3,(H,21,22);6-9,18,20H,5,10-11H2,1-4H3;2*3-6,15,21H,7-9H2,1-2H3,(H,23,24);4-7,17,21H,8-10H2,1-3H3;10*1H/t16-;18-;15-;;17-;;;;;;;;;;/m010.1........../s1. The lowest BCUT2D eigenvalue weighted by Crippen LogP contribution is -2.31. The lowest BCUT2D eigenvalue weighted by atomic mass is 9.81. The van der Waals surface area contributed by atoms with Gasteiger partial charge in [0.25, 0.3) is 0 Å². The van der Waals surface area contributed by atoms with Gasteiger partial charge >= 0.3 is 17.9 Å². The minimum absolute atomic E-state index is 0. The molecule has 10 rings (SSSR count). The van der Waals surface area contributed by atoms with Gasteiger partial charge in [-0.3, -0.25) is 0 Å². The second kappa shape index (κ2) is 50.3. The van der Waals surface area contributed by atoms with Gasteiger partial charge in [-0.1, -0.05) is 178 Å². The van der Waals surface area contributed by atoms with Gasteiger partial charge in [-0.2, -0.15) is 0 Å². The van der Waals surface area contributed by atoms with Crippen LogP contribution in [0.15, 0.2) is 249 Å². The van der Waals surface area contributed by atoms with Crippen LogP contribution in [0.4, 0.5) is 0 Å². The van der Waals surface area contributed by atoms with E-state index in [1.807, 2.05) is 139 Å². The van der Waals surface area contributed by atoms with E-state index < -0.39 is 29.7 Å². The Labute approximate surface area is 735 Å². The Morgan fingerprint density at radius 1 is 0.339 bits per heavy atom. The number of benzene rings is 5. The largest absolute Gasteiger partial charge is 0.478 e. The van der Waals surface area contributed by atoms with Gasteiger partial charge < -0.3 is 65.6 Å². The Balaban J connectivity index is -0.000000479. The molecule has 5 heterocycles. The van der Waals surface area contributed by atoms with Crippen LogP contribution in [-0.2, 0) is 38.1 Å². The lowest BCUT2D eigenvalue weighted by molar-refractivity contribution is -0.134. The van der Waals surface area contributed by atoms with E-state index in [2.05, 4.69) is 117 Å². The summed E-state index contributed by atoms with van der Waals surface area (Å²) in [5.74, 6) is -3.91. The molecule has 5 aromatic rings. The summed E-state index contributed by atoms with van der Waals surface area (Å²) in [6.45, 7) is 32.7. The van der Waals surface area contributed by atoms with Crippen LogP contribution < -0.4 is 26.6 Å². The zero-order valence-electron chi connectivity index (χ0n) is 69.0. The molecular formula is C87H124Cl6N14O11. The SMILES string of the molecule is CC1=C(C)C(c2ccccc2Cl)C(C(=O)O)=C(COCCN=[N+]=[N-])N1.CC1=C(C)[C@@H](c2ccccc2Cl)C(C(=O)O)=C(COCCN=[N+]=[N-])N1.CC1=C(C)[C@@H](c2ccccc2Cl)C(C)=C(COCCN=[N+]=[N-])N1.CCCOCC1=C(C(=O)O)[C@H](c2ccccc2Cl)C(C)=C(C)N1.CCCOCC1=C(C)[C@H](c2ccccc2Cl)C(C)=C(C)N1.Cl.[HH].[HH].[HH].[HH].[HH].[HH].[HH].[HH].[HH]. The maximum Gasteiger partial charge on any atom is 0.334 e. The van der Waals surface area contributed by atoms with Crippen molar-refractivity contribution in [1.82, 2.24) is 26.6 Å². The van der Waals surface area contributed by atoms with Gasteiger partial charge in [0.1, 0.15) is 0 Å². The summed E-state index contributed by atoms with van der Waals surface area (Å²) in [5.41, 5.74) is 46.6. The number of ether oxygens (including phenoxy) is 5. The Kier molecular flexibility index (Phi) is 42.2. The predicted molar refractivity (Wildman–Crippen MR) is 491 cm³/mol. The van der Waals surface area contributed by atoms with E-state index in [1.54, 1.807) is 18.2 Å². The van der Waals surface area contributed by atoms with Crippen molar-refractivity contribution in [1.29, 1.82) is 0 Å². The monoisotopic (exact) mass is 1750 g/mol. The van der Waals surface area contributed by atoms with Crippen molar-refractivity contribution in [3.05, 3.63) is 318 Å². The minimum atomic E-state index is -1.03. The van der Waals surface area contributed by atoms with Gasteiger partial charge in [0.05, 0.1) is 86.7 Å². The van der Waals surface area contributed by atoms with Gasteiger partial charge in [0.2, 0.25) is 0 Å². The first-order valence-corrected chi connectivity index (χ1v) is 40.1. The summed E-state index contributed by atoms with van der Waals surface area (Å²) in [4.78, 5) is 43.9. The second-order valence-electron chi connectivity index (χ2n) is 28.0. The Morgan fingerprint density at radius 3 is 0.746 bits per heavy atom. The third-order valence-electron chi connectivity index (χ3n) is 20.4. The number of aliphatic carboxylic acids is 3. The van der Waals surface area contributed by atoms with Crippen LogP contribution in [0, 0.1) is 0 Å². The van der Waals surface area contributed by atoms with E-state index >= 15 is 0 Å². The number of carboxylic acids is 3. The van der Waals surface area contributed by atoms with Crippen molar-refractivity contribution in [2.45, 2.75) is 139 Å². The molecule has 5 atom stereocenters. The molecule has 1 unspecified atom stereocenters. The molecule has 0 amide bonds. The van der Waals surface area contributed by atoms with E-state index in [0.717, 1.165) is 103 Å². The molecule has 0 saturated heterocycles. The van der Waals surface area contributed by atoms with E-state index in [4.69, 9.17) is 98.3 Å².